The van der Waals surface area contributed by atoms with Gasteiger partial charge in [-0.15, -0.1) is 10.2 Å². The molecule has 1 aliphatic heterocycles. The molecule has 3 aromatic rings. The largest absolute Gasteiger partial charge is 0.345 e. The fourth-order valence-corrected chi connectivity index (χ4v) is 4.09. The van der Waals surface area contributed by atoms with Crippen molar-refractivity contribution >= 4 is 16.9 Å². The van der Waals surface area contributed by atoms with Crippen molar-refractivity contribution in [3.05, 3.63) is 49.8 Å². The van der Waals surface area contributed by atoms with E-state index < -0.39 is 11.2 Å². The van der Waals surface area contributed by atoms with E-state index in [-0.39, 0.29) is 35.0 Å². The van der Waals surface area contributed by atoms with Gasteiger partial charge in [0.2, 0.25) is 0 Å². The van der Waals surface area contributed by atoms with Crippen LogP contribution >= 0.6 is 0 Å². The molecule has 0 aromatic carbocycles. The molecule has 0 unspecified atom stereocenters. The zero-order valence-electron chi connectivity index (χ0n) is 16.8. The molecule has 4 heterocycles. The number of H-pyrrole nitrogens is 1. The Labute approximate surface area is 171 Å². The first-order valence-corrected chi connectivity index (χ1v) is 10.4. The first-order valence-electron chi connectivity index (χ1n) is 10.4. The first kappa shape index (κ1) is 18.7. The molecular weight excluding hydrogens is 386 g/mol. The summed E-state index contributed by atoms with van der Waals surface area (Å²) in [5, 5.41) is 11.3. The van der Waals surface area contributed by atoms with Gasteiger partial charge in [-0.1, -0.05) is 6.92 Å². The summed E-state index contributed by atoms with van der Waals surface area (Å²) in [6.07, 6.45) is 4.61. The maximum Gasteiger partial charge on any atom is 0.329 e. The molecule has 30 heavy (non-hydrogen) atoms. The smallest absolute Gasteiger partial charge is 0.329 e. The topological polar surface area (TPSA) is 128 Å². The number of aromatic nitrogens is 6. The molecule has 2 aliphatic rings. The minimum atomic E-state index is -0.592. The van der Waals surface area contributed by atoms with Gasteiger partial charge in [0.05, 0.1) is 17.5 Å². The van der Waals surface area contributed by atoms with Crippen LogP contribution in [0.2, 0.25) is 0 Å². The summed E-state index contributed by atoms with van der Waals surface area (Å²) in [4.78, 5) is 45.1. The van der Waals surface area contributed by atoms with Gasteiger partial charge in [-0.3, -0.25) is 19.1 Å². The van der Waals surface area contributed by atoms with E-state index in [9.17, 15) is 14.4 Å². The van der Waals surface area contributed by atoms with E-state index in [1.807, 2.05) is 11.5 Å². The maximum absolute atomic E-state index is 13.1. The average molecular weight is 409 g/mol. The predicted molar refractivity (Wildman–Crippen MR) is 108 cm³/mol. The minimum absolute atomic E-state index is 0.149. The zero-order valence-corrected chi connectivity index (χ0v) is 16.8. The number of nitrogens with zero attached hydrogens (tertiary/aromatic N) is 5. The Kier molecular flexibility index (Phi) is 4.48. The Morgan fingerprint density at radius 2 is 2.13 bits per heavy atom. The number of pyridine rings is 1. The third-order valence-electron chi connectivity index (χ3n) is 5.75. The van der Waals surface area contributed by atoms with Crippen molar-refractivity contribution in [2.75, 3.05) is 0 Å². The van der Waals surface area contributed by atoms with E-state index in [0.717, 1.165) is 43.7 Å². The van der Waals surface area contributed by atoms with Crippen LogP contribution < -0.4 is 16.6 Å². The van der Waals surface area contributed by atoms with Crippen LogP contribution in [0.15, 0.2) is 15.7 Å². The van der Waals surface area contributed by atoms with Gasteiger partial charge in [0.1, 0.15) is 5.82 Å². The summed E-state index contributed by atoms with van der Waals surface area (Å²) >= 11 is 0. The lowest BCUT2D eigenvalue weighted by Crippen LogP contribution is -2.33. The average Bonchev–Trinajstić information content (AvgIpc) is 3.36. The molecule has 0 atom stereocenters. The Balaban J connectivity index is 1.56. The van der Waals surface area contributed by atoms with Gasteiger partial charge in [-0.2, -0.15) is 0 Å². The molecule has 10 heteroatoms. The number of fused-ring (bicyclic) bond motifs is 2. The van der Waals surface area contributed by atoms with E-state index >= 15 is 0 Å². The quantitative estimate of drug-likeness (QED) is 0.621. The summed E-state index contributed by atoms with van der Waals surface area (Å²) in [6.45, 7) is 3.43. The summed E-state index contributed by atoms with van der Waals surface area (Å²) in [5.74, 6) is 1.52. The molecule has 0 saturated heterocycles. The van der Waals surface area contributed by atoms with Crippen molar-refractivity contribution in [3.63, 3.8) is 0 Å². The van der Waals surface area contributed by atoms with Crippen molar-refractivity contribution in [3.8, 4) is 0 Å². The SMILES string of the molecule is CCCn1c(=O)[nH]c(=O)c2c(C(=O)NCc3nnc4n3CCC4)cc(C3CC3)nc21. The monoisotopic (exact) mass is 409 g/mol. The van der Waals surface area contributed by atoms with E-state index in [2.05, 4.69) is 25.5 Å². The van der Waals surface area contributed by atoms with E-state index in [1.54, 1.807) is 6.07 Å². The zero-order chi connectivity index (χ0) is 20.8. The molecule has 1 amide bonds. The van der Waals surface area contributed by atoms with Crippen molar-refractivity contribution in [1.29, 1.82) is 0 Å². The maximum atomic E-state index is 13.1. The second-order valence-corrected chi connectivity index (χ2v) is 7.95. The van der Waals surface area contributed by atoms with Crippen molar-refractivity contribution < 1.29 is 4.79 Å². The van der Waals surface area contributed by atoms with Gasteiger partial charge in [0, 0.05) is 31.1 Å². The molecule has 5 rings (SSSR count). The first-order chi connectivity index (χ1) is 14.6. The van der Waals surface area contributed by atoms with Crippen molar-refractivity contribution in [1.82, 2.24) is 34.6 Å². The van der Waals surface area contributed by atoms with Crippen LogP contribution in [0.5, 0.6) is 0 Å². The highest BCUT2D eigenvalue weighted by Gasteiger charge is 2.29. The van der Waals surface area contributed by atoms with Crippen LogP contribution in [-0.4, -0.2) is 35.2 Å². The highest BCUT2D eigenvalue weighted by atomic mass is 16.2. The molecule has 1 fully saturated rings. The fourth-order valence-electron chi connectivity index (χ4n) is 4.09. The number of aryl methyl sites for hydroxylation is 2. The van der Waals surface area contributed by atoms with Crippen LogP contribution in [0.4, 0.5) is 0 Å². The van der Waals surface area contributed by atoms with Crippen molar-refractivity contribution in [2.45, 2.75) is 64.6 Å². The van der Waals surface area contributed by atoms with E-state index in [0.29, 0.717) is 18.8 Å². The molecular formula is C20H23N7O3. The van der Waals surface area contributed by atoms with Gasteiger partial charge in [-0.25, -0.2) is 9.78 Å². The number of hydrogen-bond acceptors (Lipinski definition) is 6. The third-order valence-corrected chi connectivity index (χ3v) is 5.75. The van der Waals surface area contributed by atoms with Gasteiger partial charge in [0.25, 0.3) is 11.5 Å². The van der Waals surface area contributed by atoms with Crippen LogP contribution in [-0.2, 0) is 26.1 Å². The number of nitrogens with one attached hydrogen (secondary N) is 2. The number of rotatable bonds is 6. The molecule has 0 bridgehead atoms. The van der Waals surface area contributed by atoms with Crippen LogP contribution in [0.25, 0.3) is 11.0 Å². The Morgan fingerprint density at radius 3 is 2.90 bits per heavy atom. The minimum Gasteiger partial charge on any atom is -0.345 e. The lowest BCUT2D eigenvalue weighted by Gasteiger charge is -2.13. The van der Waals surface area contributed by atoms with Crippen LogP contribution in [0.3, 0.4) is 0 Å². The Hall–Kier alpha value is -3.30. The second-order valence-electron chi connectivity index (χ2n) is 7.95. The lowest BCUT2D eigenvalue weighted by molar-refractivity contribution is 0.0951. The van der Waals surface area contributed by atoms with E-state index in [1.165, 1.54) is 4.57 Å². The summed E-state index contributed by atoms with van der Waals surface area (Å²) in [5.41, 5.74) is 0.189. The Morgan fingerprint density at radius 1 is 1.30 bits per heavy atom. The number of carbonyl (C=O) groups excluding carboxylic acids is 1. The highest BCUT2D eigenvalue weighted by Crippen LogP contribution is 2.39. The molecule has 10 nitrogen and oxygen atoms in total. The molecule has 156 valence electrons. The van der Waals surface area contributed by atoms with Gasteiger partial charge >= 0.3 is 5.69 Å². The standard InChI is InChI=1S/C20H23N7O3/c1-2-7-27-17-16(19(29)23-20(27)30)12(9-13(22-17)11-5-6-11)18(28)21-10-15-25-24-14-4-3-8-26(14)15/h9,11H,2-8,10H2,1H3,(H,21,28)(H,23,29,30). The molecule has 2 N–H and O–H groups in total. The fraction of sp³-hybridized carbons (Fsp3) is 0.500. The molecule has 1 aliphatic carbocycles. The molecule has 0 radical (unpaired) electrons. The highest BCUT2D eigenvalue weighted by molar-refractivity contribution is 6.05. The van der Waals surface area contributed by atoms with Crippen LogP contribution in [0.1, 0.15) is 66.2 Å². The van der Waals surface area contributed by atoms with Gasteiger partial charge < -0.3 is 9.88 Å². The Bertz CT molecular complexity index is 1270. The lowest BCUT2D eigenvalue weighted by atomic mass is 10.1. The number of amides is 1. The number of aromatic amines is 1. The summed E-state index contributed by atoms with van der Waals surface area (Å²) in [6, 6.07) is 1.69. The normalized spacial score (nSPS) is 15.5. The molecule has 3 aromatic heterocycles. The molecule has 0 spiro atoms. The molecule has 1 saturated carbocycles. The number of carbonyl (C=O) groups is 1. The summed E-state index contributed by atoms with van der Waals surface area (Å²) < 4.78 is 3.47. The third kappa shape index (κ3) is 3.12. The van der Waals surface area contributed by atoms with Crippen molar-refractivity contribution in [2.24, 2.45) is 0 Å². The second kappa shape index (κ2) is 7.19. The number of hydrogen-bond donors (Lipinski definition) is 2. The predicted octanol–water partition coefficient (Wildman–Crippen LogP) is 0.840. The van der Waals surface area contributed by atoms with Gasteiger partial charge in [0.15, 0.2) is 11.5 Å². The van der Waals surface area contributed by atoms with Crippen LogP contribution in [0, 0.1) is 0 Å². The van der Waals surface area contributed by atoms with E-state index in [4.69, 9.17) is 0 Å². The summed E-state index contributed by atoms with van der Waals surface area (Å²) in [7, 11) is 0. The van der Waals surface area contributed by atoms with Gasteiger partial charge in [-0.05, 0) is 31.7 Å².